The van der Waals surface area contributed by atoms with Crippen LogP contribution in [0.3, 0.4) is 0 Å². The fourth-order valence-electron chi connectivity index (χ4n) is 3.08. The molecule has 8 heteroatoms. The van der Waals surface area contributed by atoms with Crippen molar-refractivity contribution in [1.82, 2.24) is 10.1 Å². The van der Waals surface area contributed by atoms with Gasteiger partial charge in [0.15, 0.2) is 5.60 Å². The molecule has 0 spiro atoms. The maximum Gasteiger partial charge on any atom is 0.270 e. The molecule has 4 rings (SSSR count). The van der Waals surface area contributed by atoms with Gasteiger partial charge >= 0.3 is 0 Å². The van der Waals surface area contributed by atoms with Crippen LogP contribution in [0.4, 0.5) is 0 Å². The summed E-state index contributed by atoms with van der Waals surface area (Å²) in [4.78, 5) is 4.31. The topological polar surface area (TPSA) is 108 Å². The van der Waals surface area contributed by atoms with Crippen LogP contribution in [-0.4, -0.2) is 18.6 Å². The summed E-state index contributed by atoms with van der Waals surface area (Å²) in [5.41, 5.74) is -0.683. The van der Waals surface area contributed by atoms with Crippen LogP contribution in [0.25, 0.3) is 22.2 Å². The van der Waals surface area contributed by atoms with Crippen LogP contribution < -0.4 is 9.88 Å². The second kappa shape index (κ2) is 6.98. The van der Waals surface area contributed by atoms with Gasteiger partial charge in [-0.05, 0) is 37.4 Å². The van der Waals surface area contributed by atoms with Gasteiger partial charge < -0.3 is 9.26 Å². The zero-order valence-corrected chi connectivity index (χ0v) is 16.7. The highest BCUT2D eigenvalue weighted by atomic mass is 32.2. The first-order valence-electron chi connectivity index (χ1n) is 8.89. The first kappa shape index (κ1) is 19.1. The van der Waals surface area contributed by atoms with Crippen molar-refractivity contribution in [3.8, 4) is 17.1 Å². The Morgan fingerprint density at radius 1 is 0.966 bits per heavy atom. The van der Waals surface area contributed by atoms with E-state index in [1.54, 1.807) is 32.0 Å². The van der Waals surface area contributed by atoms with E-state index in [1.807, 2.05) is 42.5 Å². The SMILES string of the molecule is CC(C)(Oc1cccc2ccccc12)c1nc(-c2ccccc2S(N)(=O)=O)no1. The Hall–Kier alpha value is -3.23. The van der Waals surface area contributed by atoms with Crippen LogP contribution in [-0.2, 0) is 15.6 Å². The van der Waals surface area contributed by atoms with E-state index in [0.717, 1.165) is 10.8 Å². The predicted octanol–water partition coefficient (Wildman–Crippen LogP) is 3.85. The van der Waals surface area contributed by atoms with Crippen molar-refractivity contribution >= 4 is 20.8 Å². The summed E-state index contributed by atoms with van der Waals surface area (Å²) in [6.07, 6.45) is 0. The Morgan fingerprint density at radius 3 is 2.45 bits per heavy atom. The summed E-state index contributed by atoms with van der Waals surface area (Å²) in [7, 11) is -3.93. The van der Waals surface area contributed by atoms with E-state index in [0.29, 0.717) is 5.75 Å². The molecule has 0 unspecified atom stereocenters. The standard InChI is InChI=1S/C21H19N3O4S/c1-21(2,27-17-12-7-9-14-8-3-4-10-15(14)17)20-23-19(24-28-20)16-11-5-6-13-18(16)29(22,25)26/h3-13H,1-2H3,(H2,22,25,26). The molecule has 0 radical (unpaired) electrons. The molecule has 0 atom stereocenters. The molecule has 29 heavy (non-hydrogen) atoms. The third-order valence-corrected chi connectivity index (χ3v) is 5.46. The molecule has 0 aliphatic heterocycles. The van der Waals surface area contributed by atoms with E-state index < -0.39 is 15.6 Å². The number of ether oxygens (including phenoxy) is 1. The molecule has 3 aromatic carbocycles. The quantitative estimate of drug-likeness (QED) is 0.536. The van der Waals surface area contributed by atoms with Crippen molar-refractivity contribution in [2.24, 2.45) is 5.14 Å². The summed E-state index contributed by atoms with van der Waals surface area (Å²) in [6.45, 7) is 3.61. The Morgan fingerprint density at radius 2 is 1.66 bits per heavy atom. The normalized spacial score (nSPS) is 12.2. The number of rotatable bonds is 5. The number of nitrogens with zero attached hydrogens (tertiary/aromatic N) is 2. The maximum absolute atomic E-state index is 11.9. The summed E-state index contributed by atoms with van der Waals surface area (Å²) in [6, 6.07) is 19.9. The van der Waals surface area contributed by atoms with Crippen molar-refractivity contribution in [2.45, 2.75) is 24.3 Å². The van der Waals surface area contributed by atoms with Gasteiger partial charge in [0.05, 0.1) is 4.90 Å². The van der Waals surface area contributed by atoms with Crippen LogP contribution >= 0.6 is 0 Å². The summed E-state index contributed by atoms with van der Waals surface area (Å²) in [5, 5.41) is 11.3. The number of nitrogens with two attached hydrogens (primary N) is 1. The van der Waals surface area contributed by atoms with E-state index in [1.165, 1.54) is 6.07 Å². The largest absolute Gasteiger partial charge is 0.477 e. The smallest absolute Gasteiger partial charge is 0.270 e. The van der Waals surface area contributed by atoms with Gasteiger partial charge in [-0.25, -0.2) is 13.6 Å². The molecule has 0 fully saturated rings. The van der Waals surface area contributed by atoms with Crippen LogP contribution in [0.15, 0.2) is 76.1 Å². The minimum atomic E-state index is -3.93. The van der Waals surface area contributed by atoms with E-state index in [4.69, 9.17) is 14.4 Å². The summed E-state index contributed by atoms with van der Waals surface area (Å²) < 4.78 is 35.3. The van der Waals surface area contributed by atoms with E-state index >= 15 is 0 Å². The minimum Gasteiger partial charge on any atom is -0.477 e. The number of hydrogen-bond acceptors (Lipinski definition) is 6. The number of fused-ring (bicyclic) bond motifs is 1. The molecule has 4 aromatic rings. The van der Waals surface area contributed by atoms with Gasteiger partial charge in [0.2, 0.25) is 15.8 Å². The molecule has 0 aliphatic rings. The van der Waals surface area contributed by atoms with E-state index in [2.05, 4.69) is 10.1 Å². The average molecular weight is 409 g/mol. The monoisotopic (exact) mass is 409 g/mol. The summed E-state index contributed by atoms with van der Waals surface area (Å²) in [5.74, 6) is 1.02. The molecule has 0 saturated heterocycles. The molecular weight excluding hydrogens is 390 g/mol. The lowest BCUT2D eigenvalue weighted by Crippen LogP contribution is -2.25. The molecule has 1 heterocycles. The Bertz CT molecular complexity index is 1290. The Balaban J connectivity index is 1.71. The van der Waals surface area contributed by atoms with Crippen LogP contribution in [0, 0.1) is 0 Å². The van der Waals surface area contributed by atoms with Crippen molar-refractivity contribution in [3.63, 3.8) is 0 Å². The lowest BCUT2D eigenvalue weighted by Gasteiger charge is -2.23. The zero-order chi connectivity index (χ0) is 20.6. The van der Waals surface area contributed by atoms with Gasteiger partial charge in [-0.15, -0.1) is 0 Å². The lowest BCUT2D eigenvalue weighted by atomic mass is 10.1. The third kappa shape index (κ3) is 3.72. The van der Waals surface area contributed by atoms with Crippen LogP contribution in [0.5, 0.6) is 5.75 Å². The first-order valence-corrected chi connectivity index (χ1v) is 10.4. The van der Waals surface area contributed by atoms with E-state index in [9.17, 15) is 8.42 Å². The second-order valence-corrected chi connectivity index (χ2v) is 8.58. The molecule has 2 N–H and O–H groups in total. The third-order valence-electron chi connectivity index (χ3n) is 4.49. The maximum atomic E-state index is 11.9. The number of sulfonamides is 1. The highest BCUT2D eigenvalue weighted by Crippen LogP contribution is 2.33. The van der Waals surface area contributed by atoms with E-state index in [-0.39, 0.29) is 22.2 Å². The van der Waals surface area contributed by atoms with Crippen LogP contribution in [0.2, 0.25) is 0 Å². The van der Waals surface area contributed by atoms with Gasteiger partial charge in [-0.2, -0.15) is 4.98 Å². The van der Waals surface area contributed by atoms with Gasteiger partial charge in [-0.1, -0.05) is 53.7 Å². The fourth-order valence-corrected chi connectivity index (χ4v) is 3.81. The number of benzene rings is 3. The van der Waals surface area contributed by atoms with Crippen molar-refractivity contribution < 1.29 is 17.7 Å². The van der Waals surface area contributed by atoms with Gasteiger partial charge in [0.1, 0.15) is 5.75 Å². The molecule has 0 aliphatic carbocycles. The predicted molar refractivity (Wildman–Crippen MR) is 109 cm³/mol. The van der Waals surface area contributed by atoms with Crippen LogP contribution in [0.1, 0.15) is 19.7 Å². The zero-order valence-electron chi connectivity index (χ0n) is 15.9. The number of hydrogen-bond donors (Lipinski definition) is 1. The van der Waals surface area contributed by atoms with Crippen molar-refractivity contribution in [1.29, 1.82) is 0 Å². The lowest BCUT2D eigenvalue weighted by molar-refractivity contribution is 0.0709. The molecule has 0 bridgehead atoms. The fraction of sp³-hybridized carbons (Fsp3) is 0.143. The van der Waals surface area contributed by atoms with Crippen molar-refractivity contribution in [2.75, 3.05) is 0 Å². The highest BCUT2D eigenvalue weighted by molar-refractivity contribution is 7.89. The second-order valence-electron chi connectivity index (χ2n) is 7.05. The average Bonchev–Trinajstić information content (AvgIpc) is 3.19. The molecule has 148 valence electrons. The Kier molecular flexibility index (Phi) is 4.60. The molecule has 0 saturated carbocycles. The van der Waals surface area contributed by atoms with Gasteiger partial charge in [0, 0.05) is 10.9 Å². The molecule has 1 aromatic heterocycles. The minimum absolute atomic E-state index is 0.0693. The van der Waals surface area contributed by atoms with Gasteiger partial charge in [0.25, 0.3) is 5.89 Å². The Labute approximate surface area is 168 Å². The highest BCUT2D eigenvalue weighted by Gasteiger charge is 2.31. The molecule has 7 nitrogen and oxygen atoms in total. The molecular formula is C21H19N3O4S. The first-order chi connectivity index (χ1) is 13.8. The van der Waals surface area contributed by atoms with Crippen molar-refractivity contribution in [3.05, 3.63) is 72.6 Å². The summed E-state index contributed by atoms with van der Waals surface area (Å²) >= 11 is 0. The van der Waals surface area contributed by atoms with Gasteiger partial charge in [-0.3, -0.25) is 0 Å². The molecule has 0 amide bonds. The number of primary sulfonamides is 1. The number of aromatic nitrogens is 2.